The quantitative estimate of drug-likeness (QED) is 0.208. The number of ketones is 1. The molecule has 1 aliphatic rings. The summed E-state index contributed by atoms with van der Waals surface area (Å²) in [6.45, 7) is 0. The van der Waals surface area contributed by atoms with Crippen LogP contribution >= 0.6 is 23.4 Å². The lowest BCUT2D eigenvalue weighted by atomic mass is 10.0. The van der Waals surface area contributed by atoms with Gasteiger partial charge in [0, 0.05) is 20.4 Å². The van der Waals surface area contributed by atoms with Gasteiger partial charge in [0.15, 0.2) is 11.6 Å². The van der Waals surface area contributed by atoms with Crippen LogP contribution in [-0.4, -0.2) is 21.8 Å². The van der Waals surface area contributed by atoms with Crippen molar-refractivity contribution < 1.29 is 23.5 Å². The first kappa shape index (κ1) is 25.9. The first-order valence-corrected chi connectivity index (χ1v) is 13.0. The van der Waals surface area contributed by atoms with E-state index in [0.717, 1.165) is 48.0 Å². The molecule has 0 saturated heterocycles. The molecule has 1 aliphatic carbocycles. The van der Waals surface area contributed by atoms with Crippen LogP contribution in [0.15, 0.2) is 88.8 Å². The van der Waals surface area contributed by atoms with Gasteiger partial charge in [-0.1, -0.05) is 35.5 Å². The minimum Gasteiger partial charge on any atom is -0.478 e. The van der Waals surface area contributed by atoms with E-state index in [1.54, 1.807) is 18.3 Å². The Morgan fingerprint density at radius 3 is 2.37 bits per heavy atom. The number of carboxylic acid groups (broad SMARTS) is 1. The second kappa shape index (κ2) is 10.9. The molecule has 1 unspecified atom stereocenters. The van der Waals surface area contributed by atoms with Crippen LogP contribution in [0.5, 0.6) is 0 Å². The van der Waals surface area contributed by atoms with Gasteiger partial charge in [-0.05, 0) is 85.0 Å². The highest BCUT2D eigenvalue weighted by molar-refractivity contribution is 7.99. The maximum atomic E-state index is 13.6. The van der Waals surface area contributed by atoms with Crippen LogP contribution < -0.4 is 5.32 Å². The van der Waals surface area contributed by atoms with E-state index < -0.39 is 23.4 Å². The normalized spacial score (nSPS) is 13.7. The topological polar surface area (TPSA) is 79.3 Å². The molecule has 9 heteroatoms. The number of hydrogen-bond acceptors (Lipinski definition) is 5. The summed E-state index contributed by atoms with van der Waals surface area (Å²) in [7, 11) is 0. The van der Waals surface area contributed by atoms with E-state index in [1.807, 2.05) is 24.3 Å². The number of pyridine rings is 1. The Balaban J connectivity index is 1.33. The molecule has 0 spiro atoms. The highest BCUT2D eigenvalue weighted by atomic mass is 35.5. The van der Waals surface area contributed by atoms with Crippen LogP contribution in [-0.2, 0) is 0 Å². The lowest BCUT2D eigenvalue weighted by molar-refractivity contribution is 0.0693. The van der Waals surface area contributed by atoms with Crippen LogP contribution in [0, 0.1) is 17.6 Å². The Morgan fingerprint density at radius 1 is 0.974 bits per heavy atom. The fraction of sp³-hybridized carbons (Fsp3) is 0.138. The molecule has 1 saturated carbocycles. The Hall–Kier alpha value is -3.75. The minimum atomic E-state index is -1.24. The van der Waals surface area contributed by atoms with E-state index in [2.05, 4.69) is 10.3 Å². The molecule has 4 aromatic rings. The smallest absolute Gasteiger partial charge is 0.336 e. The largest absolute Gasteiger partial charge is 0.478 e. The van der Waals surface area contributed by atoms with Crippen molar-refractivity contribution in [2.75, 3.05) is 5.32 Å². The standard InChI is InChI=1S/C29H21ClF2N2O3S/c30-19-6-3-17(4-7-19)27(16-1-2-16)34-20-8-11-25(33-15-20)28(35)18-5-12-26(22(13-18)29(36)37)38-21-9-10-23(31)24(32)14-21/h3-16,27,34H,1-2H2,(H,36,37). The van der Waals surface area contributed by atoms with Crippen LogP contribution in [0.1, 0.15) is 50.9 Å². The molecule has 0 bridgehead atoms. The number of benzene rings is 3. The summed E-state index contributed by atoms with van der Waals surface area (Å²) in [6.07, 6.45) is 3.84. The van der Waals surface area contributed by atoms with E-state index in [9.17, 15) is 23.5 Å². The zero-order valence-electron chi connectivity index (χ0n) is 19.8. The molecule has 1 heterocycles. The van der Waals surface area contributed by atoms with Crippen LogP contribution in [0.2, 0.25) is 5.02 Å². The van der Waals surface area contributed by atoms with Crippen LogP contribution in [0.25, 0.3) is 0 Å². The first-order chi connectivity index (χ1) is 18.3. The summed E-state index contributed by atoms with van der Waals surface area (Å²) in [6, 6.07) is 18.8. The summed E-state index contributed by atoms with van der Waals surface area (Å²) in [5.74, 6) is -3.19. The van der Waals surface area contributed by atoms with Gasteiger partial charge in [-0.2, -0.15) is 0 Å². The molecule has 2 N–H and O–H groups in total. The number of carbonyl (C=O) groups is 2. The molecular weight excluding hydrogens is 530 g/mol. The van der Waals surface area contributed by atoms with Crippen molar-refractivity contribution in [3.8, 4) is 0 Å². The van der Waals surface area contributed by atoms with Crippen molar-refractivity contribution in [1.29, 1.82) is 0 Å². The van der Waals surface area contributed by atoms with E-state index >= 15 is 0 Å². The molecule has 5 rings (SSSR count). The summed E-state index contributed by atoms with van der Waals surface area (Å²) in [5, 5.41) is 13.9. The summed E-state index contributed by atoms with van der Waals surface area (Å²) in [5.41, 5.74) is 2.08. The minimum absolute atomic E-state index is 0.105. The number of rotatable bonds is 9. The van der Waals surface area contributed by atoms with Crippen LogP contribution in [0.4, 0.5) is 14.5 Å². The number of hydrogen-bond donors (Lipinski definition) is 2. The van der Waals surface area contributed by atoms with Gasteiger partial charge in [0.25, 0.3) is 0 Å². The number of aromatic nitrogens is 1. The number of nitrogens with zero attached hydrogens (tertiary/aromatic N) is 1. The number of nitrogens with one attached hydrogen (secondary N) is 1. The van der Waals surface area contributed by atoms with E-state index in [0.29, 0.717) is 20.7 Å². The first-order valence-electron chi connectivity index (χ1n) is 11.8. The van der Waals surface area contributed by atoms with Crippen molar-refractivity contribution >= 4 is 40.8 Å². The zero-order valence-corrected chi connectivity index (χ0v) is 21.4. The van der Waals surface area contributed by atoms with Crippen molar-refractivity contribution in [3.63, 3.8) is 0 Å². The van der Waals surface area contributed by atoms with Gasteiger partial charge in [-0.25, -0.2) is 13.6 Å². The number of anilines is 1. The number of carboxylic acids is 1. The third kappa shape index (κ3) is 5.87. The van der Waals surface area contributed by atoms with Gasteiger partial charge in [-0.3, -0.25) is 9.78 Å². The van der Waals surface area contributed by atoms with E-state index in [-0.39, 0.29) is 22.9 Å². The van der Waals surface area contributed by atoms with Gasteiger partial charge in [-0.15, -0.1) is 0 Å². The van der Waals surface area contributed by atoms with Gasteiger partial charge in [0.2, 0.25) is 5.78 Å². The Kier molecular flexibility index (Phi) is 7.44. The number of halogens is 3. The van der Waals surface area contributed by atoms with E-state index in [1.165, 1.54) is 24.3 Å². The molecule has 38 heavy (non-hydrogen) atoms. The SMILES string of the molecule is O=C(c1ccc(Sc2ccc(F)c(F)c2)c(C(=O)O)c1)c1ccc(NC(c2ccc(Cl)cc2)C2CC2)cn1. The molecule has 3 aromatic carbocycles. The predicted molar refractivity (Wildman–Crippen MR) is 142 cm³/mol. The molecule has 0 amide bonds. The van der Waals surface area contributed by atoms with Crippen molar-refractivity contribution in [3.05, 3.63) is 118 Å². The number of carbonyl (C=O) groups excluding carboxylic acids is 1. The molecule has 0 radical (unpaired) electrons. The zero-order chi connectivity index (χ0) is 26.8. The van der Waals surface area contributed by atoms with Crippen LogP contribution in [0.3, 0.4) is 0 Å². The summed E-state index contributed by atoms with van der Waals surface area (Å²) >= 11 is 7.00. The lowest BCUT2D eigenvalue weighted by Crippen LogP contribution is -2.13. The van der Waals surface area contributed by atoms with Gasteiger partial charge in [0.1, 0.15) is 5.69 Å². The molecule has 1 atom stereocenters. The fourth-order valence-corrected chi connectivity index (χ4v) is 5.18. The van der Waals surface area contributed by atoms with Crippen molar-refractivity contribution in [2.45, 2.75) is 28.7 Å². The number of aromatic carboxylic acids is 1. The third-order valence-corrected chi connectivity index (χ3v) is 7.55. The van der Waals surface area contributed by atoms with Gasteiger partial charge < -0.3 is 10.4 Å². The Labute approximate surface area is 226 Å². The molecule has 5 nitrogen and oxygen atoms in total. The predicted octanol–water partition coefficient (Wildman–Crippen LogP) is 7.66. The highest BCUT2D eigenvalue weighted by Crippen LogP contribution is 2.43. The summed E-state index contributed by atoms with van der Waals surface area (Å²) < 4.78 is 26.8. The average Bonchev–Trinajstić information content (AvgIpc) is 3.75. The molecular formula is C29H21ClF2N2O3S. The molecule has 0 aliphatic heterocycles. The average molecular weight is 551 g/mol. The molecule has 1 fully saturated rings. The maximum Gasteiger partial charge on any atom is 0.336 e. The maximum absolute atomic E-state index is 13.6. The second-order valence-corrected chi connectivity index (χ2v) is 10.5. The third-order valence-electron chi connectivity index (χ3n) is 6.23. The Morgan fingerprint density at radius 2 is 1.74 bits per heavy atom. The van der Waals surface area contributed by atoms with Crippen molar-refractivity contribution in [1.82, 2.24) is 4.98 Å². The fourth-order valence-electron chi connectivity index (χ4n) is 4.11. The summed E-state index contributed by atoms with van der Waals surface area (Å²) in [4.78, 5) is 29.9. The molecule has 1 aromatic heterocycles. The van der Waals surface area contributed by atoms with E-state index in [4.69, 9.17) is 11.6 Å². The molecule has 192 valence electrons. The van der Waals surface area contributed by atoms with Gasteiger partial charge in [0.05, 0.1) is 23.5 Å². The highest BCUT2D eigenvalue weighted by Gasteiger charge is 2.32. The Bertz CT molecular complexity index is 1510. The van der Waals surface area contributed by atoms with Crippen molar-refractivity contribution in [2.24, 2.45) is 5.92 Å². The van der Waals surface area contributed by atoms with Gasteiger partial charge >= 0.3 is 5.97 Å². The lowest BCUT2D eigenvalue weighted by Gasteiger charge is -2.20. The monoisotopic (exact) mass is 550 g/mol. The second-order valence-electron chi connectivity index (χ2n) is 8.97.